The van der Waals surface area contributed by atoms with E-state index in [0.717, 1.165) is 50.4 Å². The molecule has 77 heavy (non-hydrogen) atoms. The monoisotopic (exact) mass is 1190 g/mol. The van der Waals surface area contributed by atoms with Gasteiger partial charge in [0.05, 0.1) is 0 Å². The van der Waals surface area contributed by atoms with Crippen LogP contribution in [0.25, 0.3) is 27.6 Å². The van der Waals surface area contributed by atoms with Gasteiger partial charge in [-0.25, -0.2) is 4.98 Å². The average molecular weight is 1190 g/mol. The molecule has 8 aromatic carbocycles. The zero-order valence-electron chi connectivity index (χ0n) is 46.6. The van der Waals surface area contributed by atoms with Crippen LogP contribution >= 0.6 is 0 Å². The predicted octanol–water partition coefficient (Wildman–Crippen LogP) is 18.6. The van der Waals surface area contributed by atoms with Crippen LogP contribution in [0, 0.1) is 18.8 Å². The molecule has 0 aliphatic carbocycles. The molecule has 0 unspecified atom stereocenters. The van der Waals surface area contributed by atoms with Crippen molar-refractivity contribution < 1.29 is 25.8 Å². The van der Waals surface area contributed by atoms with Gasteiger partial charge in [-0.1, -0.05) is 204 Å². The van der Waals surface area contributed by atoms with Crippen molar-refractivity contribution in [3.63, 3.8) is 0 Å². The average Bonchev–Trinajstić information content (AvgIpc) is 3.97. The Morgan fingerprint density at radius 1 is 0.416 bits per heavy atom. The van der Waals surface area contributed by atoms with Crippen molar-refractivity contribution in [1.82, 2.24) is 9.55 Å². The number of aromatic nitrogens is 2. The molecule has 10 aromatic rings. The molecule has 0 atom stereocenters. The fraction of sp³-hybridized carbons (Fsp3) is 0.239. The molecule has 0 spiro atoms. The van der Waals surface area contributed by atoms with Crippen molar-refractivity contribution >= 4 is 44.6 Å². The maximum Gasteiger partial charge on any atom is 0.135 e. The molecular weight excluding hydrogens is 1120 g/mol. The van der Waals surface area contributed by atoms with E-state index < -0.39 is 0 Å². The van der Waals surface area contributed by atoms with Gasteiger partial charge in [0.25, 0.3) is 0 Å². The number of pyridine rings is 1. The quantitative estimate of drug-likeness (QED) is 0.121. The van der Waals surface area contributed by atoms with Crippen LogP contribution in [0.5, 0.6) is 11.5 Å². The van der Waals surface area contributed by atoms with E-state index in [1.807, 2.05) is 18.3 Å². The molecule has 5 nitrogen and oxygen atoms in total. The molecule has 3 heterocycles. The maximum absolute atomic E-state index is 6.86. The van der Waals surface area contributed by atoms with Crippen LogP contribution in [0.2, 0.25) is 0 Å². The van der Waals surface area contributed by atoms with Gasteiger partial charge in [0, 0.05) is 77.6 Å². The number of hydrogen-bond acceptors (Lipinski definition) is 4. The fourth-order valence-electron chi connectivity index (χ4n) is 10.9. The smallest absolute Gasteiger partial charge is 0.135 e. The molecule has 0 saturated heterocycles. The summed E-state index contributed by atoms with van der Waals surface area (Å²) in [5.41, 5.74) is 15.1. The van der Waals surface area contributed by atoms with Crippen molar-refractivity contribution in [2.24, 2.45) is 0 Å². The molecule has 1 aliphatic rings. The van der Waals surface area contributed by atoms with Gasteiger partial charge in [-0.3, -0.25) is 0 Å². The second-order valence-corrected chi connectivity index (χ2v) is 24.4. The molecule has 0 bridgehead atoms. The van der Waals surface area contributed by atoms with Gasteiger partial charge in [0.2, 0.25) is 0 Å². The summed E-state index contributed by atoms with van der Waals surface area (Å²) in [6.07, 6.45) is 1.92. The number of anilines is 4. The number of nitrogens with zero attached hydrogens (tertiary/aromatic N) is 4. The topological polar surface area (TPSA) is 33.5 Å². The van der Waals surface area contributed by atoms with Crippen LogP contribution in [0.1, 0.15) is 128 Å². The molecule has 0 N–H and O–H groups in total. The number of rotatable bonds is 11. The van der Waals surface area contributed by atoms with Crippen molar-refractivity contribution in [2.75, 3.05) is 9.80 Å². The molecule has 0 saturated carbocycles. The Morgan fingerprint density at radius 2 is 0.961 bits per heavy atom. The van der Waals surface area contributed by atoms with Gasteiger partial charge in [-0.15, -0.1) is 48.1 Å². The summed E-state index contributed by atoms with van der Waals surface area (Å²) in [5, 5.41) is 2.26. The Kier molecular flexibility index (Phi) is 13.8. The fourth-order valence-corrected chi connectivity index (χ4v) is 10.9. The third-order valence-electron chi connectivity index (χ3n) is 16.2. The second kappa shape index (κ2) is 20.0. The summed E-state index contributed by atoms with van der Waals surface area (Å²) in [6.45, 7) is 29.7. The first-order chi connectivity index (χ1) is 36.2. The molecule has 0 radical (unpaired) electrons. The summed E-state index contributed by atoms with van der Waals surface area (Å²) in [7, 11) is 0. The number of fused-ring (bicyclic) bond motifs is 4. The van der Waals surface area contributed by atoms with E-state index in [-0.39, 0.29) is 48.1 Å². The van der Waals surface area contributed by atoms with Gasteiger partial charge in [0.15, 0.2) is 0 Å². The van der Waals surface area contributed by atoms with Crippen LogP contribution in [0.4, 0.5) is 22.7 Å². The van der Waals surface area contributed by atoms with Crippen LogP contribution in [0.15, 0.2) is 194 Å². The van der Waals surface area contributed by atoms with Crippen LogP contribution in [-0.2, 0) is 48.1 Å². The van der Waals surface area contributed by atoms with Gasteiger partial charge in [-0.05, 0) is 103 Å². The minimum Gasteiger partial charge on any atom is -0.509 e. The maximum atomic E-state index is 6.86. The Bertz CT molecular complexity index is 3700. The molecule has 0 amide bonds. The van der Waals surface area contributed by atoms with Crippen LogP contribution < -0.4 is 14.5 Å². The number of ether oxygens (including phenoxy) is 1. The molecule has 6 heteroatoms. The minimum atomic E-state index is -0.291. The van der Waals surface area contributed by atoms with E-state index in [1.54, 1.807) is 0 Å². The zero-order valence-corrected chi connectivity index (χ0v) is 48.8. The van der Waals surface area contributed by atoms with Crippen molar-refractivity contribution in [3.05, 3.63) is 258 Å². The molecule has 1 aliphatic heterocycles. The van der Waals surface area contributed by atoms with E-state index in [1.165, 1.54) is 44.5 Å². The number of benzene rings is 8. The standard InChI is InChI=1S/C71H69N4O.Pt/c1-67(2,3)51-31-35-62-61(42-51)60-34-33-59(46-64(60)75(62)66-44-52(37-38-72-66)68(4,5)6)76-58-30-22-29-56(45-58)73-47-74(63-36-32-53(43-65(63)73)69(7,8)48-23-16-13-17-24-48)57-40-54(70(9,10)49-25-18-14-19-26-49)39-55(41-57)71(11,12)50-27-20-15-21-28-50;/h13-44,47H,1-12H3;/q-3;. The third kappa shape index (κ3) is 9.93. The Balaban J connectivity index is 0.00000672. The van der Waals surface area contributed by atoms with E-state index >= 15 is 0 Å². The predicted molar refractivity (Wildman–Crippen MR) is 317 cm³/mol. The van der Waals surface area contributed by atoms with Crippen molar-refractivity contribution in [2.45, 2.75) is 110 Å². The van der Waals surface area contributed by atoms with E-state index in [0.29, 0.717) is 11.5 Å². The van der Waals surface area contributed by atoms with Gasteiger partial charge >= 0.3 is 0 Å². The number of hydrogen-bond donors (Lipinski definition) is 0. The second-order valence-electron chi connectivity index (χ2n) is 24.4. The van der Waals surface area contributed by atoms with Gasteiger partial charge < -0.3 is 19.1 Å². The summed E-state index contributed by atoms with van der Waals surface area (Å²) in [5.74, 6) is 2.04. The summed E-state index contributed by atoms with van der Waals surface area (Å²) < 4.78 is 9.09. The Morgan fingerprint density at radius 3 is 1.55 bits per heavy atom. The normalized spacial score (nSPS) is 13.2. The summed E-state index contributed by atoms with van der Waals surface area (Å²) >= 11 is 0. The largest absolute Gasteiger partial charge is 0.509 e. The van der Waals surface area contributed by atoms with Crippen LogP contribution in [0.3, 0.4) is 0 Å². The minimum absolute atomic E-state index is 0. The molecule has 2 aromatic heterocycles. The van der Waals surface area contributed by atoms with Gasteiger partial charge in [0.1, 0.15) is 5.82 Å². The molecular formula is C71H69N4OPt-3. The van der Waals surface area contributed by atoms with E-state index in [2.05, 4.69) is 292 Å². The third-order valence-corrected chi connectivity index (χ3v) is 16.2. The summed E-state index contributed by atoms with van der Waals surface area (Å²) in [4.78, 5) is 9.60. The van der Waals surface area contributed by atoms with Crippen LogP contribution in [-0.4, -0.2) is 9.55 Å². The van der Waals surface area contributed by atoms with Gasteiger partial charge in [-0.2, -0.15) is 12.1 Å². The summed E-state index contributed by atoms with van der Waals surface area (Å²) in [6, 6.07) is 75.7. The molecule has 0 fully saturated rings. The first kappa shape index (κ1) is 53.2. The molecule has 392 valence electrons. The van der Waals surface area contributed by atoms with Crippen molar-refractivity contribution in [1.29, 1.82) is 0 Å². The van der Waals surface area contributed by atoms with Crippen molar-refractivity contribution in [3.8, 4) is 17.3 Å². The Labute approximate surface area is 471 Å². The Hall–Kier alpha value is -7.20. The SMILES string of the molecule is CC(C)(C)c1ccnc(-n2c3[c-]c(Oc4[c-]c(N5[CH-]N(c6cc(C(C)(C)c7ccccc7)cc(C(C)(C)c7ccccc7)c6)c6ccc(C(C)(C)c7ccccc7)cc65)ccc4)ccc3c3cc(C(C)(C)C)ccc32)c1.[Pt]. The zero-order chi connectivity index (χ0) is 53.4. The van der Waals surface area contributed by atoms with E-state index in [9.17, 15) is 0 Å². The first-order valence-electron chi connectivity index (χ1n) is 26.8. The molecule has 11 rings (SSSR count). The van der Waals surface area contributed by atoms with E-state index in [4.69, 9.17) is 9.72 Å². The first-order valence-corrected chi connectivity index (χ1v) is 26.8.